The van der Waals surface area contributed by atoms with Crippen molar-refractivity contribution in [2.45, 2.75) is 105 Å². The van der Waals surface area contributed by atoms with Crippen LogP contribution in [0, 0.1) is 5.41 Å². The number of rotatable bonds is 11. The summed E-state index contributed by atoms with van der Waals surface area (Å²) in [5, 5.41) is 2.34. The SMILES string of the molecule is CC(C)N(C(C)C)C(CONP(O)O)(SC(=O)C(C)(C)C)N(C(C)C)C(C)C. The molecule has 7 nitrogen and oxygen atoms in total. The second-order valence-electron chi connectivity index (χ2n) is 9.24. The fraction of sp³-hybridized carbons (Fsp3) is 0.947. The maximum absolute atomic E-state index is 13.2. The standard InChI is InChI=1S/C19H42N3O4PS/c1-13(2)21(14(3)4)19(12-26-20-27(24)25,22(15(5)6)16(7)8)28-17(23)18(9,10)11/h13-16,20,24-25H,12H2,1-11H3. The quantitative estimate of drug-likeness (QED) is 0.254. The lowest BCUT2D eigenvalue weighted by Gasteiger charge is -2.56. The Morgan fingerprint density at radius 1 is 0.929 bits per heavy atom. The van der Waals surface area contributed by atoms with Crippen LogP contribution < -0.4 is 5.25 Å². The van der Waals surface area contributed by atoms with Crippen LogP contribution >= 0.6 is 20.3 Å². The van der Waals surface area contributed by atoms with E-state index in [-0.39, 0.29) is 35.9 Å². The molecule has 0 aliphatic carbocycles. The first-order valence-corrected chi connectivity index (χ1v) is 12.0. The van der Waals surface area contributed by atoms with Gasteiger partial charge in [0.1, 0.15) is 6.61 Å². The molecular weight excluding hydrogens is 397 g/mol. The van der Waals surface area contributed by atoms with Crippen LogP contribution in [0.5, 0.6) is 0 Å². The van der Waals surface area contributed by atoms with E-state index in [0.717, 1.165) is 0 Å². The highest BCUT2D eigenvalue weighted by molar-refractivity contribution is 8.14. The molecule has 0 aromatic heterocycles. The lowest BCUT2D eigenvalue weighted by Crippen LogP contribution is -2.69. The van der Waals surface area contributed by atoms with Crippen LogP contribution in [0.3, 0.4) is 0 Å². The molecule has 0 heterocycles. The predicted molar refractivity (Wildman–Crippen MR) is 119 cm³/mol. The number of nitrogens with zero attached hydrogens (tertiary/aromatic N) is 2. The molecule has 0 bridgehead atoms. The number of thioether (sulfide) groups is 1. The summed E-state index contributed by atoms with van der Waals surface area (Å²) in [7, 11) is -2.40. The van der Waals surface area contributed by atoms with Crippen molar-refractivity contribution in [2.75, 3.05) is 6.61 Å². The minimum absolute atomic E-state index is 0.0592. The van der Waals surface area contributed by atoms with Gasteiger partial charge in [-0.1, -0.05) is 20.8 Å². The van der Waals surface area contributed by atoms with E-state index in [1.165, 1.54) is 11.8 Å². The first kappa shape index (κ1) is 28.2. The van der Waals surface area contributed by atoms with Gasteiger partial charge in [0, 0.05) is 29.6 Å². The van der Waals surface area contributed by atoms with Crippen LogP contribution in [0.4, 0.5) is 0 Å². The maximum Gasteiger partial charge on any atom is 0.275 e. The largest absolute Gasteiger partial charge is 0.337 e. The molecule has 0 atom stereocenters. The van der Waals surface area contributed by atoms with Crippen molar-refractivity contribution in [3.05, 3.63) is 0 Å². The highest BCUT2D eigenvalue weighted by Gasteiger charge is 2.51. The normalized spacial score (nSPS) is 14.0. The van der Waals surface area contributed by atoms with Crippen LogP contribution in [0.2, 0.25) is 0 Å². The highest BCUT2D eigenvalue weighted by Crippen LogP contribution is 2.43. The van der Waals surface area contributed by atoms with Crippen LogP contribution in [0.15, 0.2) is 0 Å². The average molecular weight is 440 g/mol. The number of carbonyl (C=O) groups is 1. The van der Waals surface area contributed by atoms with Crippen LogP contribution in [0.25, 0.3) is 0 Å². The van der Waals surface area contributed by atoms with Crippen molar-refractivity contribution in [1.82, 2.24) is 15.1 Å². The van der Waals surface area contributed by atoms with Crippen molar-refractivity contribution >= 4 is 25.4 Å². The molecule has 168 valence electrons. The van der Waals surface area contributed by atoms with E-state index in [4.69, 9.17) is 4.84 Å². The van der Waals surface area contributed by atoms with Crippen molar-refractivity contribution in [1.29, 1.82) is 0 Å². The molecule has 3 N–H and O–H groups in total. The number of hydrogen-bond donors (Lipinski definition) is 3. The van der Waals surface area contributed by atoms with E-state index in [0.29, 0.717) is 0 Å². The molecule has 0 rings (SSSR count). The fourth-order valence-corrected chi connectivity index (χ4v) is 5.66. The van der Waals surface area contributed by atoms with Gasteiger partial charge in [-0.3, -0.25) is 19.4 Å². The van der Waals surface area contributed by atoms with Gasteiger partial charge < -0.3 is 9.79 Å². The van der Waals surface area contributed by atoms with Crippen molar-refractivity contribution in [2.24, 2.45) is 5.41 Å². The lowest BCUT2D eigenvalue weighted by molar-refractivity contribution is -0.122. The molecule has 0 amide bonds. The Hall–Kier alpha value is 0.210. The minimum Gasteiger partial charge on any atom is -0.337 e. The third kappa shape index (κ3) is 7.80. The minimum atomic E-state index is -2.40. The summed E-state index contributed by atoms with van der Waals surface area (Å²) in [6.45, 7) is 22.7. The smallest absolute Gasteiger partial charge is 0.275 e. The second kappa shape index (κ2) is 11.6. The molecule has 0 saturated carbocycles. The van der Waals surface area contributed by atoms with Gasteiger partial charge >= 0.3 is 0 Å². The zero-order valence-corrected chi connectivity index (χ0v) is 21.2. The number of hydrogen-bond acceptors (Lipinski definition) is 8. The Kier molecular flexibility index (Phi) is 11.6. The summed E-state index contributed by atoms with van der Waals surface area (Å²) in [4.78, 5) is 41.0. The summed E-state index contributed by atoms with van der Waals surface area (Å²) in [5.41, 5.74) is -0.525. The first-order chi connectivity index (χ1) is 12.6. The summed E-state index contributed by atoms with van der Waals surface area (Å²) in [5.74, 6) is 0. The molecule has 9 heteroatoms. The molecule has 0 aromatic rings. The molecule has 28 heavy (non-hydrogen) atoms. The van der Waals surface area contributed by atoms with Gasteiger partial charge in [0.15, 0.2) is 10.1 Å². The van der Waals surface area contributed by atoms with Crippen LogP contribution in [0.1, 0.15) is 76.2 Å². The Labute approximate surface area is 177 Å². The molecule has 0 unspecified atom stereocenters. The molecule has 0 aliphatic rings. The molecule has 0 aliphatic heterocycles. The van der Waals surface area contributed by atoms with E-state index >= 15 is 0 Å². The zero-order valence-electron chi connectivity index (χ0n) is 19.5. The van der Waals surface area contributed by atoms with Crippen LogP contribution in [-0.2, 0) is 9.63 Å². The third-order valence-corrected chi connectivity index (χ3v) is 6.26. The topological polar surface area (TPSA) is 85.3 Å². The molecular formula is C19H42N3O4PS. The highest BCUT2D eigenvalue weighted by atomic mass is 32.2. The van der Waals surface area contributed by atoms with Gasteiger partial charge in [-0.05, 0) is 67.2 Å². The molecule has 0 saturated heterocycles. The van der Waals surface area contributed by atoms with Crippen molar-refractivity contribution in [3.63, 3.8) is 0 Å². The van der Waals surface area contributed by atoms with Gasteiger partial charge in [0.2, 0.25) is 0 Å². The van der Waals surface area contributed by atoms with E-state index in [9.17, 15) is 14.6 Å². The maximum atomic E-state index is 13.2. The third-order valence-electron chi connectivity index (χ3n) is 4.31. The number of nitrogens with one attached hydrogen (secondary N) is 1. The van der Waals surface area contributed by atoms with Gasteiger partial charge in [-0.25, -0.2) is 0 Å². The van der Waals surface area contributed by atoms with Gasteiger partial charge in [0.05, 0.1) is 0 Å². The second-order valence-corrected chi connectivity index (χ2v) is 11.2. The zero-order chi connectivity index (χ0) is 22.4. The van der Waals surface area contributed by atoms with Crippen LogP contribution in [-0.4, -0.2) is 60.5 Å². The Morgan fingerprint density at radius 3 is 1.54 bits per heavy atom. The van der Waals surface area contributed by atoms with Crippen molar-refractivity contribution < 1.29 is 19.4 Å². The van der Waals surface area contributed by atoms with E-state index in [1.54, 1.807) is 0 Å². The Morgan fingerprint density at radius 2 is 1.29 bits per heavy atom. The molecule has 0 spiro atoms. The van der Waals surface area contributed by atoms with Crippen molar-refractivity contribution in [3.8, 4) is 0 Å². The molecule has 0 fully saturated rings. The predicted octanol–water partition coefficient (Wildman–Crippen LogP) is 3.92. The summed E-state index contributed by atoms with van der Waals surface area (Å²) >= 11 is 1.27. The number of carbonyl (C=O) groups excluding carboxylic acids is 1. The summed E-state index contributed by atoms with van der Waals surface area (Å²) in [6.07, 6.45) is 0. The summed E-state index contributed by atoms with van der Waals surface area (Å²) < 4.78 is 0. The first-order valence-electron chi connectivity index (χ1n) is 9.93. The summed E-state index contributed by atoms with van der Waals surface area (Å²) in [6, 6.07) is 0.532. The Bertz CT molecular complexity index is 446. The van der Waals surface area contributed by atoms with E-state index in [1.807, 2.05) is 20.8 Å². The lowest BCUT2D eigenvalue weighted by atomic mass is 9.99. The van der Waals surface area contributed by atoms with Gasteiger partial charge in [0.25, 0.3) is 8.53 Å². The average Bonchev–Trinajstić information content (AvgIpc) is 2.43. The Balaban J connectivity index is 6.56. The van der Waals surface area contributed by atoms with E-state index in [2.05, 4.69) is 70.4 Å². The van der Waals surface area contributed by atoms with Gasteiger partial charge in [-0.15, -0.1) is 5.25 Å². The van der Waals surface area contributed by atoms with E-state index < -0.39 is 18.9 Å². The molecule has 0 radical (unpaired) electrons. The monoisotopic (exact) mass is 439 g/mol. The molecule has 0 aromatic carbocycles. The van der Waals surface area contributed by atoms with Gasteiger partial charge in [-0.2, -0.15) is 0 Å². The fourth-order valence-electron chi connectivity index (χ4n) is 3.71.